The van der Waals surface area contributed by atoms with E-state index < -0.39 is 0 Å². The largest absolute Gasteiger partial charge is 0.497 e. The molecule has 5 nitrogen and oxygen atoms in total. The zero-order valence-electron chi connectivity index (χ0n) is 14.8. The van der Waals surface area contributed by atoms with Gasteiger partial charge in [-0.05, 0) is 48.7 Å². The van der Waals surface area contributed by atoms with Crippen LogP contribution in [0.25, 0.3) is 0 Å². The molecule has 6 heteroatoms. The van der Waals surface area contributed by atoms with Gasteiger partial charge in [0, 0.05) is 11.6 Å². The first-order chi connectivity index (χ1) is 12.6. The van der Waals surface area contributed by atoms with Gasteiger partial charge in [0.25, 0.3) is 0 Å². The lowest BCUT2D eigenvalue weighted by Gasteiger charge is -2.30. The zero-order valence-corrected chi connectivity index (χ0v) is 15.6. The number of hydrogen-bond acceptors (Lipinski definition) is 4. The van der Waals surface area contributed by atoms with Crippen molar-refractivity contribution in [1.82, 2.24) is 4.90 Å². The van der Waals surface area contributed by atoms with Crippen LogP contribution in [0.15, 0.2) is 42.5 Å². The highest BCUT2D eigenvalue weighted by molar-refractivity contribution is 6.31. The Balaban J connectivity index is 1.82. The Morgan fingerprint density at radius 1 is 1.08 bits per heavy atom. The number of ether oxygens (including phenoxy) is 2. The van der Waals surface area contributed by atoms with Crippen molar-refractivity contribution in [3.63, 3.8) is 0 Å². The van der Waals surface area contributed by atoms with E-state index in [1.165, 1.54) is 0 Å². The second-order valence-electron chi connectivity index (χ2n) is 6.57. The molecule has 2 aliphatic heterocycles. The number of benzene rings is 2. The van der Waals surface area contributed by atoms with Crippen LogP contribution in [0.3, 0.4) is 0 Å². The molecule has 0 saturated carbocycles. The minimum Gasteiger partial charge on any atom is -0.497 e. The third-order valence-corrected chi connectivity index (χ3v) is 5.42. The van der Waals surface area contributed by atoms with Crippen LogP contribution in [-0.4, -0.2) is 37.6 Å². The average molecular weight is 373 g/mol. The van der Waals surface area contributed by atoms with Gasteiger partial charge in [-0.15, -0.1) is 0 Å². The lowest BCUT2D eigenvalue weighted by atomic mass is 10.1. The molecule has 2 aromatic rings. The number of halogens is 1. The first-order valence-electron chi connectivity index (χ1n) is 8.70. The second kappa shape index (κ2) is 6.82. The molecule has 0 N–H and O–H groups in total. The molecule has 0 bridgehead atoms. The fourth-order valence-corrected chi connectivity index (χ4v) is 4.16. The fourth-order valence-electron chi connectivity index (χ4n) is 3.99. The number of amides is 1. The summed E-state index contributed by atoms with van der Waals surface area (Å²) in [5.41, 5.74) is 1.76. The first-order valence-corrected chi connectivity index (χ1v) is 9.08. The number of rotatable bonds is 4. The molecule has 0 unspecified atom stereocenters. The second-order valence-corrected chi connectivity index (χ2v) is 7.00. The Morgan fingerprint density at radius 3 is 2.54 bits per heavy atom. The monoisotopic (exact) mass is 372 g/mol. The third kappa shape index (κ3) is 2.72. The van der Waals surface area contributed by atoms with E-state index in [1.807, 2.05) is 29.2 Å². The lowest BCUT2D eigenvalue weighted by Crippen LogP contribution is -2.32. The number of methoxy groups -OCH3 is 2. The fraction of sp³-hybridized carbons (Fsp3) is 0.350. The minimum absolute atomic E-state index is 0.0919. The summed E-state index contributed by atoms with van der Waals surface area (Å²) in [7, 11) is 3.25. The van der Waals surface area contributed by atoms with Gasteiger partial charge in [-0.1, -0.05) is 23.7 Å². The zero-order chi connectivity index (χ0) is 18.3. The van der Waals surface area contributed by atoms with E-state index in [4.69, 9.17) is 21.1 Å². The van der Waals surface area contributed by atoms with Gasteiger partial charge in [0.05, 0.1) is 25.9 Å². The molecule has 0 aliphatic carbocycles. The number of anilines is 1. The Labute approximate surface area is 158 Å². The maximum atomic E-state index is 13.2. The van der Waals surface area contributed by atoms with Crippen LogP contribution in [0.2, 0.25) is 5.02 Å². The molecule has 0 radical (unpaired) electrons. The summed E-state index contributed by atoms with van der Waals surface area (Å²) in [5, 5.41) is 0.578. The van der Waals surface area contributed by atoms with Crippen molar-refractivity contribution in [3.05, 3.63) is 53.1 Å². The molecule has 2 heterocycles. The summed E-state index contributed by atoms with van der Waals surface area (Å²) in [6.45, 7) is 0.895. The quantitative estimate of drug-likeness (QED) is 0.817. The summed E-state index contributed by atoms with van der Waals surface area (Å²) in [4.78, 5) is 17.3. The Kier molecular flexibility index (Phi) is 4.51. The molecule has 2 saturated heterocycles. The van der Waals surface area contributed by atoms with E-state index in [9.17, 15) is 4.79 Å². The van der Waals surface area contributed by atoms with Gasteiger partial charge in [0.2, 0.25) is 5.91 Å². The van der Waals surface area contributed by atoms with E-state index in [0.717, 1.165) is 30.7 Å². The van der Waals surface area contributed by atoms with Gasteiger partial charge in [0.1, 0.15) is 17.7 Å². The molecule has 2 atom stereocenters. The van der Waals surface area contributed by atoms with Gasteiger partial charge in [-0.2, -0.15) is 0 Å². The standard InChI is InChI=1S/C20H21ClN2O3/c1-25-15-8-5-13(6-9-15)19-22-11-3-4-16(22)20(24)23(19)17-12-14(21)7-10-18(17)26-2/h5-10,12,16,19H,3-4,11H2,1-2H3/t16-,19+/m0/s1. The van der Waals surface area contributed by atoms with Crippen LogP contribution in [-0.2, 0) is 4.79 Å². The highest BCUT2D eigenvalue weighted by atomic mass is 35.5. The minimum atomic E-state index is -0.173. The lowest BCUT2D eigenvalue weighted by molar-refractivity contribution is -0.119. The van der Waals surface area contributed by atoms with Gasteiger partial charge < -0.3 is 9.47 Å². The van der Waals surface area contributed by atoms with Gasteiger partial charge >= 0.3 is 0 Å². The molecule has 4 rings (SSSR count). The van der Waals surface area contributed by atoms with E-state index in [-0.39, 0.29) is 18.1 Å². The Morgan fingerprint density at radius 2 is 1.85 bits per heavy atom. The molecule has 2 aromatic carbocycles. The van der Waals surface area contributed by atoms with Gasteiger partial charge in [-0.3, -0.25) is 14.6 Å². The van der Waals surface area contributed by atoms with E-state index in [0.29, 0.717) is 16.5 Å². The maximum Gasteiger partial charge on any atom is 0.246 e. The van der Waals surface area contributed by atoms with Gasteiger partial charge in [0.15, 0.2) is 0 Å². The average Bonchev–Trinajstić information content (AvgIpc) is 3.24. The maximum absolute atomic E-state index is 13.2. The van der Waals surface area contributed by atoms with Crippen molar-refractivity contribution in [2.75, 3.05) is 25.7 Å². The van der Waals surface area contributed by atoms with Crippen molar-refractivity contribution in [2.24, 2.45) is 0 Å². The Hall–Kier alpha value is -2.24. The highest BCUT2D eigenvalue weighted by Crippen LogP contribution is 2.45. The molecule has 0 aromatic heterocycles. The molecule has 136 valence electrons. The highest BCUT2D eigenvalue weighted by Gasteiger charge is 2.50. The van der Waals surface area contributed by atoms with Crippen molar-refractivity contribution in [1.29, 1.82) is 0 Å². The number of hydrogen-bond donors (Lipinski definition) is 0. The normalized spacial score (nSPS) is 22.6. The number of fused-ring (bicyclic) bond motifs is 1. The van der Waals surface area contributed by atoms with Crippen LogP contribution in [0.1, 0.15) is 24.6 Å². The predicted octanol–water partition coefficient (Wildman–Crippen LogP) is 3.87. The van der Waals surface area contributed by atoms with Crippen LogP contribution in [0.4, 0.5) is 5.69 Å². The third-order valence-electron chi connectivity index (χ3n) is 5.19. The number of nitrogens with zero attached hydrogens (tertiary/aromatic N) is 2. The van der Waals surface area contributed by atoms with E-state index >= 15 is 0 Å². The smallest absolute Gasteiger partial charge is 0.246 e. The summed E-state index contributed by atoms with van der Waals surface area (Å²) in [6, 6.07) is 13.2. The predicted molar refractivity (Wildman–Crippen MR) is 101 cm³/mol. The van der Waals surface area contributed by atoms with Crippen LogP contribution < -0.4 is 14.4 Å². The molecule has 0 spiro atoms. The van der Waals surface area contributed by atoms with Crippen LogP contribution >= 0.6 is 11.6 Å². The molecule has 2 aliphatic rings. The summed E-state index contributed by atoms with van der Waals surface area (Å²) in [6.07, 6.45) is 1.74. The summed E-state index contributed by atoms with van der Waals surface area (Å²) >= 11 is 6.23. The molecule has 2 fully saturated rings. The molecule has 26 heavy (non-hydrogen) atoms. The van der Waals surface area contributed by atoms with Crippen molar-refractivity contribution in [3.8, 4) is 11.5 Å². The SMILES string of the molecule is COc1ccc([C@H]2N(c3cc(Cl)ccc3OC)C(=O)[C@@H]3CCCN32)cc1. The van der Waals surface area contributed by atoms with Crippen molar-refractivity contribution < 1.29 is 14.3 Å². The topological polar surface area (TPSA) is 42.0 Å². The number of carbonyl (C=O) groups excluding carboxylic acids is 1. The van der Waals surface area contributed by atoms with E-state index in [1.54, 1.807) is 32.4 Å². The van der Waals surface area contributed by atoms with Crippen molar-refractivity contribution in [2.45, 2.75) is 25.0 Å². The first kappa shape index (κ1) is 17.2. The molecular weight excluding hydrogens is 352 g/mol. The number of carbonyl (C=O) groups is 1. The van der Waals surface area contributed by atoms with Crippen molar-refractivity contribution >= 4 is 23.2 Å². The van der Waals surface area contributed by atoms with Crippen LogP contribution in [0, 0.1) is 0 Å². The summed E-state index contributed by atoms with van der Waals surface area (Å²) in [5.74, 6) is 1.54. The van der Waals surface area contributed by atoms with Crippen LogP contribution in [0.5, 0.6) is 11.5 Å². The molecule has 1 amide bonds. The molecular formula is C20H21ClN2O3. The Bertz CT molecular complexity index is 824. The van der Waals surface area contributed by atoms with Gasteiger partial charge in [-0.25, -0.2) is 0 Å². The summed E-state index contributed by atoms with van der Waals surface area (Å²) < 4.78 is 10.8. The van der Waals surface area contributed by atoms with E-state index in [2.05, 4.69) is 4.90 Å².